The Balaban J connectivity index is 1.99. The number of thiophene rings is 1. The van der Waals surface area contributed by atoms with Gasteiger partial charge in [0.05, 0.1) is 11.3 Å². The molecule has 1 amide bonds. The van der Waals surface area contributed by atoms with Crippen LogP contribution in [0.25, 0.3) is 10.1 Å². The lowest BCUT2D eigenvalue weighted by molar-refractivity contribution is -0.114. The molecule has 0 atom stereocenters. The number of aromatic hydroxyl groups is 1. The third kappa shape index (κ3) is 4.26. The van der Waals surface area contributed by atoms with E-state index in [1.807, 2.05) is 30.3 Å². The molecule has 5 nitrogen and oxygen atoms in total. The lowest BCUT2D eigenvalue weighted by Gasteiger charge is -2.07. The largest absolute Gasteiger partial charge is 0.506 e. The van der Waals surface area contributed by atoms with Gasteiger partial charge in [-0.25, -0.2) is 4.79 Å². The molecule has 3 rings (SSSR count). The molecule has 0 saturated carbocycles. The summed E-state index contributed by atoms with van der Waals surface area (Å²) in [5.41, 5.74) is 1.05. The molecule has 2 aromatic carbocycles. The summed E-state index contributed by atoms with van der Waals surface area (Å²) in [5.74, 6) is -0.0821. The van der Waals surface area contributed by atoms with Crippen molar-refractivity contribution in [2.75, 3.05) is 11.9 Å². The standard InChI is InChI=1S/C20H19NO4S2/c1-3-25-20(24)16-15-10-9-13(11-26-14-7-5-4-6-8-14)17(23)18(15)27-19(16)21-12(2)22/h4-10,23H,3,11H2,1-2H3,(H,21,22). The Kier molecular flexibility index (Phi) is 6.03. The fourth-order valence-corrected chi connectivity index (χ4v) is 4.74. The van der Waals surface area contributed by atoms with Crippen LogP contribution >= 0.6 is 23.1 Å². The van der Waals surface area contributed by atoms with Gasteiger partial charge in [0.25, 0.3) is 0 Å². The number of hydrogen-bond acceptors (Lipinski definition) is 6. The van der Waals surface area contributed by atoms with E-state index in [1.54, 1.807) is 30.8 Å². The topological polar surface area (TPSA) is 75.6 Å². The zero-order chi connectivity index (χ0) is 19.4. The van der Waals surface area contributed by atoms with Crippen LogP contribution in [0.3, 0.4) is 0 Å². The molecule has 140 valence electrons. The van der Waals surface area contributed by atoms with Crippen LogP contribution in [0.1, 0.15) is 29.8 Å². The lowest BCUT2D eigenvalue weighted by Crippen LogP contribution is -2.10. The molecule has 27 heavy (non-hydrogen) atoms. The number of benzene rings is 2. The van der Waals surface area contributed by atoms with E-state index in [-0.39, 0.29) is 23.8 Å². The molecule has 0 aliphatic carbocycles. The second-order valence-electron chi connectivity index (χ2n) is 5.76. The number of phenolic OH excluding ortho intramolecular Hbond substituents is 1. The number of thioether (sulfide) groups is 1. The van der Waals surface area contributed by atoms with Crippen LogP contribution in [-0.2, 0) is 15.3 Å². The number of nitrogens with one attached hydrogen (secondary N) is 1. The summed E-state index contributed by atoms with van der Waals surface area (Å²) in [7, 11) is 0. The average molecular weight is 402 g/mol. The highest BCUT2D eigenvalue weighted by molar-refractivity contribution is 7.98. The molecule has 0 radical (unpaired) electrons. The van der Waals surface area contributed by atoms with Crippen molar-refractivity contribution in [1.82, 2.24) is 0 Å². The number of esters is 1. The minimum atomic E-state index is -0.515. The molecule has 7 heteroatoms. The summed E-state index contributed by atoms with van der Waals surface area (Å²) in [6.45, 7) is 3.33. The Morgan fingerprint density at radius 2 is 1.93 bits per heavy atom. The van der Waals surface area contributed by atoms with E-state index in [2.05, 4.69) is 5.32 Å². The fourth-order valence-electron chi connectivity index (χ4n) is 2.64. The third-order valence-electron chi connectivity index (χ3n) is 3.82. The van der Waals surface area contributed by atoms with E-state index in [0.717, 1.165) is 10.5 Å². The summed E-state index contributed by atoms with van der Waals surface area (Å²) in [6, 6.07) is 13.5. The first kappa shape index (κ1) is 19.3. The number of fused-ring (bicyclic) bond motifs is 1. The summed E-state index contributed by atoms with van der Waals surface area (Å²) >= 11 is 2.79. The summed E-state index contributed by atoms with van der Waals surface area (Å²) in [6.07, 6.45) is 0. The van der Waals surface area contributed by atoms with Crippen LogP contribution in [0.4, 0.5) is 5.00 Å². The average Bonchev–Trinajstić information content (AvgIpc) is 3.00. The number of carbonyl (C=O) groups is 2. The van der Waals surface area contributed by atoms with Crippen LogP contribution in [0.5, 0.6) is 5.75 Å². The van der Waals surface area contributed by atoms with Crippen LogP contribution in [0.2, 0.25) is 0 Å². The predicted octanol–water partition coefficient (Wildman–Crippen LogP) is 5.03. The minimum absolute atomic E-state index is 0.128. The predicted molar refractivity (Wildman–Crippen MR) is 110 cm³/mol. The second-order valence-corrected chi connectivity index (χ2v) is 7.83. The molecule has 0 saturated heterocycles. The van der Waals surface area contributed by atoms with Gasteiger partial charge in [-0.2, -0.15) is 0 Å². The number of hydrogen-bond donors (Lipinski definition) is 2. The first-order valence-electron chi connectivity index (χ1n) is 8.41. The van der Waals surface area contributed by atoms with E-state index < -0.39 is 5.97 Å². The van der Waals surface area contributed by atoms with Crippen molar-refractivity contribution in [1.29, 1.82) is 0 Å². The monoisotopic (exact) mass is 401 g/mol. The molecular weight excluding hydrogens is 382 g/mol. The third-order valence-corrected chi connectivity index (χ3v) is 6.01. The maximum Gasteiger partial charge on any atom is 0.341 e. The molecule has 0 aliphatic rings. The van der Waals surface area contributed by atoms with Gasteiger partial charge in [-0.1, -0.05) is 30.3 Å². The first-order chi connectivity index (χ1) is 13.0. The number of ether oxygens (including phenoxy) is 1. The number of anilines is 1. The molecule has 3 aromatic rings. The van der Waals surface area contributed by atoms with Gasteiger partial charge in [-0.05, 0) is 19.1 Å². The quantitative estimate of drug-likeness (QED) is 0.447. The summed E-state index contributed by atoms with van der Waals surface area (Å²) in [4.78, 5) is 25.0. The Morgan fingerprint density at radius 1 is 1.19 bits per heavy atom. The van der Waals surface area contributed by atoms with Crippen LogP contribution < -0.4 is 5.32 Å². The van der Waals surface area contributed by atoms with E-state index in [0.29, 0.717) is 20.8 Å². The van der Waals surface area contributed by atoms with E-state index in [4.69, 9.17) is 4.74 Å². The van der Waals surface area contributed by atoms with Gasteiger partial charge in [-0.3, -0.25) is 4.79 Å². The molecule has 0 bridgehead atoms. The van der Waals surface area contributed by atoms with Gasteiger partial charge in [0, 0.05) is 28.5 Å². The summed E-state index contributed by atoms with van der Waals surface area (Å²) < 4.78 is 5.69. The molecule has 0 fully saturated rings. The van der Waals surface area contributed by atoms with Crippen molar-refractivity contribution >= 4 is 50.1 Å². The van der Waals surface area contributed by atoms with E-state index >= 15 is 0 Å². The molecular formula is C20H19NO4S2. The fraction of sp³-hybridized carbons (Fsp3) is 0.200. The first-order valence-corrected chi connectivity index (χ1v) is 10.2. The van der Waals surface area contributed by atoms with Crippen molar-refractivity contribution < 1.29 is 19.4 Å². The Labute approximate surface area is 165 Å². The maximum absolute atomic E-state index is 12.4. The van der Waals surface area contributed by atoms with Crippen molar-refractivity contribution in [3.05, 3.63) is 53.6 Å². The zero-order valence-electron chi connectivity index (χ0n) is 14.9. The second kappa shape index (κ2) is 8.45. The van der Waals surface area contributed by atoms with Gasteiger partial charge in [0.15, 0.2) is 0 Å². The number of rotatable bonds is 6. The van der Waals surface area contributed by atoms with Gasteiger partial charge >= 0.3 is 5.97 Å². The van der Waals surface area contributed by atoms with Gasteiger partial charge in [-0.15, -0.1) is 23.1 Å². The number of carbonyl (C=O) groups excluding carboxylic acids is 2. The van der Waals surface area contributed by atoms with Crippen molar-refractivity contribution in [2.24, 2.45) is 0 Å². The molecule has 1 aromatic heterocycles. The highest BCUT2D eigenvalue weighted by Crippen LogP contribution is 2.43. The Hall–Kier alpha value is -2.51. The Morgan fingerprint density at radius 3 is 2.59 bits per heavy atom. The van der Waals surface area contributed by atoms with Crippen LogP contribution in [0.15, 0.2) is 47.4 Å². The number of phenols is 1. The van der Waals surface area contributed by atoms with E-state index in [1.165, 1.54) is 18.3 Å². The Bertz CT molecular complexity index is 983. The highest BCUT2D eigenvalue weighted by atomic mass is 32.2. The normalized spacial score (nSPS) is 10.7. The van der Waals surface area contributed by atoms with Crippen molar-refractivity contribution in [3.63, 3.8) is 0 Å². The summed E-state index contributed by atoms with van der Waals surface area (Å²) in [5, 5.41) is 14.4. The maximum atomic E-state index is 12.4. The SMILES string of the molecule is CCOC(=O)c1c(NC(C)=O)sc2c(O)c(CSc3ccccc3)ccc12. The van der Waals surface area contributed by atoms with Crippen LogP contribution in [0, 0.1) is 0 Å². The molecule has 2 N–H and O–H groups in total. The lowest BCUT2D eigenvalue weighted by atomic mass is 10.1. The van der Waals surface area contributed by atoms with Gasteiger partial charge in [0.2, 0.25) is 5.91 Å². The molecule has 1 heterocycles. The molecule has 0 aliphatic heterocycles. The molecule has 0 spiro atoms. The highest BCUT2D eigenvalue weighted by Gasteiger charge is 2.23. The smallest absolute Gasteiger partial charge is 0.341 e. The van der Waals surface area contributed by atoms with Gasteiger partial charge in [0.1, 0.15) is 16.3 Å². The van der Waals surface area contributed by atoms with Gasteiger partial charge < -0.3 is 15.2 Å². The zero-order valence-corrected chi connectivity index (χ0v) is 16.6. The minimum Gasteiger partial charge on any atom is -0.506 e. The van der Waals surface area contributed by atoms with Crippen molar-refractivity contribution in [2.45, 2.75) is 24.5 Å². The number of amides is 1. The van der Waals surface area contributed by atoms with E-state index in [9.17, 15) is 14.7 Å². The molecule has 0 unspecified atom stereocenters. The van der Waals surface area contributed by atoms with Crippen LogP contribution in [-0.4, -0.2) is 23.6 Å². The van der Waals surface area contributed by atoms with Crippen molar-refractivity contribution in [3.8, 4) is 5.75 Å².